The zero-order chi connectivity index (χ0) is 20.5. The van der Waals surface area contributed by atoms with Crippen LogP contribution in [0.3, 0.4) is 0 Å². The highest BCUT2D eigenvalue weighted by atomic mass is 32.2. The zero-order valence-electron chi connectivity index (χ0n) is 16.1. The van der Waals surface area contributed by atoms with Crippen LogP contribution >= 0.6 is 0 Å². The minimum absolute atomic E-state index is 0.154. The van der Waals surface area contributed by atoms with Crippen LogP contribution in [0.15, 0.2) is 83.8 Å². The van der Waals surface area contributed by atoms with Crippen LogP contribution in [0.1, 0.15) is 5.56 Å². The average molecular weight is 413 g/mol. The van der Waals surface area contributed by atoms with Crippen LogP contribution in [-0.2, 0) is 21.4 Å². The summed E-state index contributed by atoms with van der Waals surface area (Å²) in [4.78, 5) is 0.154. The number of nitrogens with one attached hydrogen (secondary N) is 1. The van der Waals surface area contributed by atoms with Crippen molar-refractivity contribution in [2.75, 3.05) is 25.0 Å². The molecule has 29 heavy (non-hydrogen) atoms. The summed E-state index contributed by atoms with van der Waals surface area (Å²) in [6.07, 6.45) is 0. The fourth-order valence-corrected chi connectivity index (χ4v) is 3.59. The van der Waals surface area contributed by atoms with E-state index in [0.717, 1.165) is 5.56 Å². The van der Waals surface area contributed by atoms with Gasteiger partial charge in [-0.15, -0.1) is 0 Å². The molecule has 0 aromatic heterocycles. The molecule has 0 unspecified atom stereocenters. The van der Waals surface area contributed by atoms with Gasteiger partial charge >= 0.3 is 0 Å². The molecule has 0 atom stereocenters. The molecule has 3 aromatic rings. The summed E-state index contributed by atoms with van der Waals surface area (Å²) in [6, 6.07) is 22.9. The molecule has 0 heterocycles. The van der Waals surface area contributed by atoms with E-state index >= 15 is 0 Å². The first-order chi connectivity index (χ1) is 14.1. The molecule has 3 aromatic carbocycles. The van der Waals surface area contributed by atoms with E-state index < -0.39 is 10.0 Å². The number of anilines is 1. The second-order valence-corrected chi connectivity index (χ2v) is 7.90. The van der Waals surface area contributed by atoms with Crippen molar-refractivity contribution in [1.29, 1.82) is 0 Å². The predicted octanol–water partition coefficient (Wildman–Crippen LogP) is 4.09. The molecule has 0 spiro atoms. The van der Waals surface area contributed by atoms with Gasteiger partial charge in [0, 0.05) is 12.8 Å². The Morgan fingerprint density at radius 3 is 2.03 bits per heavy atom. The fourth-order valence-electron chi connectivity index (χ4n) is 2.53. The van der Waals surface area contributed by atoms with Crippen molar-refractivity contribution in [1.82, 2.24) is 0 Å². The van der Waals surface area contributed by atoms with Crippen molar-refractivity contribution < 1.29 is 22.6 Å². The lowest BCUT2D eigenvalue weighted by atomic mass is 10.2. The Morgan fingerprint density at radius 2 is 1.38 bits per heavy atom. The highest BCUT2D eigenvalue weighted by Crippen LogP contribution is 2.22. The van der Waals surface area contributed by atoms with E-state index in [1.165, 1.54) is 12.1 Å². The predicted molar refractivity (Wildman–Crippen MR) is 112 cm³/mol. The molecule has 0 aliphatic rings. The van der Waals surface area contributed by atoms with Crippen molar-refractivity contribution in [3.8, 4) is 11.5 Å². The molecule has 1 N–H and O–H groups in total. The van der Waals surface area contributed by atoms with E-state index in [9.17, 15) is 8.42 Å². The van der Waals surface area contributed by atoms with Gasteiger partial charge in [-0.1, -0.05) is 30.3 Å². The second-order valence-electron chi connectivity index (χ2n) is 6.22. The lowest BCUT2D eigenvalue weighted by Gasteiger charge is -2.11. The van der Waals surface area contributed by atoms with Gasteiger partial charge in [0.05, 0.1) is 11.5 Å². The summed E-state index contributed by atoms with van der Waals surface area (Å²) in [5.41, 5.74) is 1.52. The fraction of sp³-hybridized carbons (Fsp3) is 0.182. The Morgan fingerprint density at radius 1 is 0.759 bits per heavy atom. The molecule has 0 bridgehead atoms. The van der Waals surface area contributed by atoms with Crippen LogP contribution in [0.4, 0.5) is 5.69 Å². The molecular formula is C22H23NO5S. The molecular weight excluding hydrogens is 390 g/mol. The molecule has 7 heteroatoms. The maximum Gasteiger partial charge on any atom is 0.261 e. The van der Waals surface area contributed by atoms with Crippen LogP contribution in [0.2, 0.25) is 0 Å². The van der Waals surface area contributed by atoms with Gasteiger partial charge in [0.15, 0.2) is 0 Å². The monoisotopic (exact) mass is 413 g/mol. The molecule has 0 radical (unpaired) electrons. The summed E-state index contributed by atoms with van der Waals surface area (Å²) in [5, 5.41) is 0. The molecule has 0 fully saturated rings. The van der Waals surface area contributed by atoms with Gasteiger partial charge in [-0.3, -0.25) is 4.72 Å². The molecule has 0 aliphatic carbocycles. The van der Waals surface area contributed by atoms with Crippen LogP contribution in [0.5, 0.6) is 11.5 Å². The number of ether oxygens (including phenoxy) is 3. The van der Waals surface area contributed by atoms with Crippen LogP contribution in [0, 0.1) is 0 Å². The molecule has 0 amide bonds. The summed E-state index contributed by atoms with van der Waals surface area (Å²) in [5.74, 6) is 1.25. The van der Waals surface area contributed by atoms with E-state index in [-0.39, 0.29) is 4.90 Å². The molecule has 152 valence electrons. The van der Waals surface area contributed by atoms with Crippen LogP contribution < -0.4 is 14.2 Å². The van der Waals surface area contributed by atoms with Crippen molar-refractivity contribution in [3.05, 3.63) is 84.4 Å². The van der Waals surface area contributed by atoms with E-state index in [0.29, 0.717) is 37.0 Å². The van der Waals surface area contributed by atoms with Gasteiger partial charge in [-0.2, -0.15) is 0 Å². The first-order valence-electron chi connectivity index (χ1n) is 9.08. The van der Waals surface area contributed by atoms with Gasteiger partial charge in [0.25, 0.3) is 10.0 Å². The first-order valence-corrected chi connectivity index (χ1v) is 10.6. The van der Waals surface area contributed by atoms with Gasteiger partial charge in [-0.25, -0.2) is 8.42 Å². The maximum absolute atomic E-state index is 12.6. The minimum Gasteiger partial charge on any atom is -0.491 e. The van der Waals surface area contributed by atoms with Crippen molar-refractivity contribution in [2.45, 2.75) is 11.5 Å². The molecule has 6 nitrogen and oxygen atoms in total. The number of benzene rings is 3. The number of methoxy groups -OCH3 is 1. The largest absolute Gasteiger partial charge is 0.491 e. The number of sulfonamides is 1. The van der Waals surface area contributed by atoms with Gasteiger partial charge in [-0.05, 0) is 54.1 Å². The van der Waals surface area contributed by atoms with Crippen molar-refractivity contribution in [2.24, 2.45) is 0 Å². The van der Waals surface area contributed by atoms with Gasteiger partial charge < -0.3 is 14.2 Å². The molecule has 0 aliphatic heterocycles. The molecule has 0 saturated heterocycles. The maximum atomic E-state index is 12.6. The second kappa shape index (κ2) is 9.95. The Labute approximate surface area is 171 Å². The van der Waals surface area contributed by atoms with Gasteiger partial charge in [0.2, 0.25) is 0 Å². The van der Waals surface area contributed by atoms with Crippen molar-refractivity contribution >= 4 is 15.7 Å². The third kappa shape index (κ3) is 6.23. The number of hydrogen-bond donors (Lipinski definition) is 1. The topological polar surface area (TPSA) is 73.9 Å². The lowest BCUT2D eigenvalue weighted by molar-refractivity contribution is 0.146. The van der Waals surface area contributed by atoms with E-state index in [1.54, 1.807) is 43.5 Å². The summed E-state index contributed by atoms with van der Waals surface area (Å²) >= 11 is 0. The lowest BCUT2D eigenvalue weighted by Crippen LogP contribution is -2.13. The quantitative estimate of drug-likeness (QED) is 0.507. The highest BCUT2D eigenvalue weighted by molar-refractivity contribution is 7.92. The number of hydrogen-bond acceptors (Lipinski definition) is 5. The summed E-state index contributed by atoms with van der Waals surface area (Å²) in [7, 11) is -2.10. The molecule has 3 rings (SSSR count). The third-order valence-corrected chi connectivity index (χ3v) is 5.44. The zero-order valence-corrected chi connectivity index (χ0v) is 16.9. The van der Waals surface area contributed by atoms with Gasteiger partial charge in [0.1, 0.15) is 24.7 Å². The standard InChI is InChI=1S/C22H23NO5S/c1-26-15-16-27-20-11-13-22(14-12-20)29(24,25)23-19-7-9-21(10-8-19)28-17-18-5-3-2-4-6-18/h2-14,23H,15-17H2,1H3. The molecule has 0 saturated carbocycles. The van der Waals surface area contributed by atoms with Crippen molar-refractivity contribution in [3.63, 3.8) is 0 Å². The normalized spacial score (nSPS) is 11.1. The summed E-state index contributed by atoms with van der Waals surface area (Å²) in [6.45, 7) is 1.32. The smallest absolute Gasteiger partial charge is 0.261 e. The average Bonchev–Trinajstić information content (AvgIpc) is 2.74. The third-order valence-electron chi connectivity index (χ3n) is 4.05. The first kappa shape index (κ1) is 20.7. The van der Waals surface area contributed by atoms with E-state index in [2.05, 4.69) is 4.72 Å². The van der Waals surface area contributed by atoms with E-state index in [4.69, 9.17) is 14.2 Å². The Kier molecular flexibility index (Phi) is 7.10. The SMILES string of the molecule is COCCOc1ccc(S(=O)(=O)Nc2ccc(OCc3ccccc3)cc2)cc1. The Balaban J connectivity index is 1.58. The van der Waals surface area contributed by atoms with Crippen LogP contribution in [0.25, 0.3) is 0 Å². The Hall–Kier alpha value is -3.03. The summed E-state index contributed by atoms with van der Waals surface area (Å²) < 4.78 is 43.8. The highest BCUT2D eigenvalue weighted by Gasteiger charge is 2.14. The Bertz CT molecular complexity index is 988. The van der Waals surface area contributed by atoms with Crippen LogP contribution in [-0.4, -0.2) is 28.7 Å². The number of rotatable bonds is 10. The van der Waals surface area contributed by atoms with E-state index in [1.807, 2.05) is 30.3 Å². The minimum atomic E-state index is -3.69.